The van der Waals surface area contributed by atoms with Crippen LogP contribution in [0.1, 0.15) is 24.2 Å². The topological polar surface area (TPSA) is 77.6 Å². The number of amides is 1. The van der Waals surface area contributed by atoms with Crippen molar-refractivity contribution >= 4 is 11.9 Å². The Bertz CT molecular complexity index is 541. The molecule has 18 heavy (non-hydrogen) atoms. The molecular weight excluding hydrogens is 232 g/mol. The fourth-order valence-corrected chi connectivity index (χ4v) is 1.52. The first kappa shape index (κ1) is 12.3. The van der Waals surface area contributed by atoms with Crippen molar-refractivity contribution in [2.75, 3.05) is 5.32 Å². The molecule has 0 aliphatic heterocycles. The molecular formula is C11H16N6O. The van der Waals surface area contributed by atoms with Gasteiger partial charge in [-0.2, -0.15) is 5.10 Å². The quantitative estimate of drug-likeness (QED) is 0.872. The van der Waals surface area contributed by atoms with E-state index in [-0.39, 0.29) is 5.91 Å². The second kappa shape index (κ2) is 4.99. The summed E-state index contributed by atoms with van der Waals surface area (Å²) in [6.07, 6.45) is 4.80. The Morgan fingerprint density at radius 3 is 2.89 bits per heavy atom. The van der Waals surface area contributed by atoms with Crippen LogP contribution in [-0.4, -0.2) is 30.5 Å². The fraction of sp³-hybridized carbons (Fsp3) is 0.455. The minimum atomic E-state index is -0.235. The zero-order valence-electron chi connectivity index (χ0n) is 10.7. The first-order chi connectivity index (χ1) is 8.56. The van der Waals surface area contributed by atoms with Gasteiger partial charge in [-0.3, -0.25) is 14.8 Å². The maximum atomic E-state index is 11.9. The Kier molecular flexibility index (Phi) is 3.40. The Hall–Kier alpha value is -2.18. The summed E-state index contributed by atoms with van der Waals surface area (Å²) in [5.41, 5.74) is 0.513. The molecule has 96 valence electrons. The highest BCUT2D eigenvalue weighted by Gasteiger charge is 2.11. The first-order valence-corrected chi connectivity index (χ1v) is 5.74. The van der Waals surface area contributed by atoms with E-state index in [1.54, 1.807) is 28.7 Å². The predicted octanol–water partition coefficient (Wildman–Crippen LogP) is 0.920. The van der Waals surface area contributed by atoms with Gasteiger partial charge in [0.05, 0.1) is 11.8 Å². The lowest BCUT2D eigenvalue weighted by Gasteiger charge is -2.03. The number of aromatic nitrogens is 5. The van der Waals surface area contributed by atoms with Gasteiger partial charge in [0.2, 0.25) is 5.95 Å². The second-order valence-corrected chi connectivity index (χ2v) is 4.56. The van der Waals surface area contributed by atoms with Crippen molar-refractivity contribution in [3.63, 3.8) is 0 Å². The van der Waals surface area contributed by atoms with Gasteiger partial charge in [-0.25, -0.2) is 0 Å². The average Bonchev–Trinajstić information content (AvgIpc) is 2.88. The normalized spacial score (nSPS) is 10.9. The van der Waals surface area contributed by atoms with E-state index in [0.717, 1.165) is 6.54 Å². The lowest BCUT2D eigenvalue weighted by Crippen LogP contribution is -2.14. The monoisotopic (exact) mass is 248 g/mol. The summed E-state index contributed by atoms with van der Waals surface area (Å²) in [7, 11) is 1.76. The highest BCUT2D eigenvalue weighted by molar-refractivity contribution is 6.02. The van der Waals surface area contributed by atoms with Crippen LogP contribution in [0.5, 0.6) is 0 Å². The Morgan fingerprint density at radius 1 is 1.50 bits per heavy atom. The van der Waals surface area contributed by atoms with Crippen LogP contribution in [0, 0.1) is 5.92 Å². The molecule has 0 bridgehead atoms. The molecule has 0 aliphatic carbocycles. The molecule has 2 aromatic heterocycles. The third-order valence-corrected chi connectivity index (χ3v) is 2.38. The smallest absolute Gasteiger partial charge is 0.261 e. The number of carbonyl (C=O) groups is 1. The van der Waals surface area contributed by atoms with Crippen LogP contribution in [0.3, 0.4) is 0 Å². The van der Waals surface area contributed by atoms with Gasteiger partial charge in [0.1, 0.15) is 6.33 Å². The molecule has 0 atom stereocenters. The van der Waals surface area contributed by atoms with Crippen molar-refractivity contribution in [1.82, 2.24) is 24.5 Å². The molecule has 7 nitrogen and oxygen atoms in total. The average molecular weight is 248 g/mol. The minimum absolute atomic E-state index is 0.235. The Labute approximate surface area is 105 Å². The van der Waals surface area contributed by atoms with E-state index in [9.17, 15) is 4.79 Å². The molecule has 2 rings (SSSR count). The van der Waals surface area contributed by atoms with E-state index in [0.29, 0.717) is 17.4 Å². The zero-order valence-corrected chi connectivity index (χ0v) is 10.7. The second-order valence-electron chi connectivity index (χ2n) is 4.56. The molecule has 0 aromatic carbocycles. The molecule has 7 heteroatoms. The molecule has 0 spiro atoms. The molecule has 2 aromatic rings. The first-order valence-electron chi connectivity index (χ1n) is 5.74. The highest BCUT2D eigenvalue weighted by Crippen LogP contribution is 2.05. The molecule has 0 unspecified atom stereocenters. The molecule has 0 radical (unpaired) electrons. The van der Waals surface area contributed by atoms with Gasteiger partial charge < -0.3 is 4.57 Å². The van der Waals surface area contributed by atoms with E-state index in [4.69, 9.17) is 0 Å². The van der Waals surface area contributed by atoms with Crippen molar-refractivity contribution in [2.24, 2.45) is 13.0 Å². The number of hydrogen-bond acceptors (Lipinski definition) is 4. The van der Waals surface area contributed by atoms with E-state index >= 15 is 0 Å². The number of aryl methyl sites for hydroxylation is 1. The number of nitrogens with zero attached hydrogens (tertiary/aromatic N) is 5. The molecule has 0 saturated heterocycles. The van der Waals surface area contributed by atoms with Crippen LogP contribution in [0.4, 0.5) is 5.95 Å². The van der Waals surface area contributed by atoms with Gasteiger partial charge in [0, 0.05) is 19.8 Å². The maximum Gasteiger partial charge on any atom is 0.261 e. The number of anilines is 1. The lowest BCUT2D eigenvalue weighted by atomic mass is 10.2. The molecule has 0 aliphatic rings. The van der Waals surface area contributed by atoms with E-state index in [1.807, 2.05) is 0 Å². The summed E-state index contributed by atoms with van der Waals surface area (Å²) in [6, 6.07) is 0. The summed E-state index contributed by atoms with van der Waals surface area (Å²) in [4.78, 5) is 11.9. The van der Waals surface area contributed by atoms with Gasteiger partial charge in [0.15, 0.2) is 0 Å². The van der Waals surface area contributed by atoms with Gasteiger partial charge in [-0.15, -0.1) is 10.2 Å². The van der Waals surface area contributed by atoms with Crippen molar-refractivity contribution in [3.05, 3.63) is 24.3 Å². The zero-order chi connectivity index (χ0) is 13.1. The summed E-state index contributed by atoms with van der Waals surface area (Å²) in [6.45, 7) is 4.99. The summed E-state index contributed by atoms with van der Waals surface area (Å²) in [5, 5.41) is 14.3. The molecule has 0 saturated carbocycles. The van der Waals surface area contributed by atoms with Gasteiger partial charge >= 0.3 is 0 Å². The Morgan fingerprint density at radius 2 is 2.28 bits per heavy atom. The van der Waals surface area contributed by atoms with Crippen molar-refractivity contribution in [3.8, 4) is 0 Å². The number of nitrogens with one attached hydrogen (secondary N) is 1. The summed E-state index contributed by atoms with van der Waals surface area (Å²) < 4.78 is 3.40. The fourth-order valence-electron chi connectivity index (χ4n) is 1.52. The summed E-state index contributed by atoms with van der Waals surface area (Å²) in [5.74, 6) is 0.664. The van der Waals surface area contributed by atoms with Crippen LogP contribution in [0.25, 0.3) is 0 Å². The van der Waals surface area contributed by atoms with Gasteiger partial charge in [-0.05, 0) is 5.92 Å². The molecule has 1 amide bonds. The van der Waals surface area contributed by atoms with Gasteiger partial charge in [-0.1, -0.05) is 13.8 Å². The van der Waals surface area contributed by atoms with Gasteiger partial charge in [0.25, 0.3) is 5.91 Å². The number of hydrogen-bond donors (Lipinski definition) is 1. The van der Waals surface area contributed by atoms with Crippen molar-refractivity contribution in [1.29, 1.82) is 0 Å². The lowest BCUT2D eigenvalue weighted by molar-refractivity contribution is 0.102. The van der Waals surface area contributed by atoms with Crippen LogP contribution < -0.4 is 5.32 Å². The van der Waals surface area contributed by atoms with Crippen molar-refractivity contribution < 1.29 is 4.79 Å². The van der Waals surface area contributed by atoms with E-state index < -0.39 is 0 Å². The molecule has 2 heterocycles. The Balaban J connectivity index is 2.05. The number of carbonyl (C=O) groups excluding carboxylic acids is 1. The molecule has 1 N–H and O–H groups in total. The third-order valence-electron chi connectivity index (χ3n) is 2.38. The minimum Gasteiger partial charge on any atom is -0.303 e. The standard InChI is InChI=1S/C11H16N6O/c1-8(2)5-17-6-9(4-13-17)10(18)14-11-15-12-7-16(11)3/h4,6-8H,5H2,1-3H3,(H,14,15,18). The molecule has 0 fully saturated rings. The predicted molar refractivity (Wildman–Crippen MR) is 66.0 cm³/mol. The summed E-state index contributed by atoms with van der Waals surface area (Å²) >= 11 is 0. The third kappa shape index (κ3) is 2.73. The highest BCUT2D eigenvalue weighted by atomic mass is 16.1. The SMILES string of the molecule is CC(C)Cn1cc(C(=O)Nc2nncn2C)cn1. The maximum absolute atomic E-state index is 11.9. The van der Waals surface area contributed by atoms with Crippen LogP contribution in [0.2, 0.25) is 0 Å². The van der Waals surface area contributed by atoms with Crippen molar-refractivity contribution in [2.45, 2.75) is 20.4 Å². The van der Waals surface area contributed by atoms with E-state index in [2.05, 4.69) is 34.5 Å². The number of rotatable bonds is 4. The van der Waals surface area contributed by atoms with Crippen LogP contribution in [-0.2, 0) is 13.6 Å². The largest absolute Gasteiger partial charge is 0.303 e. The van der Waals surface area contributed by atoms with E-state index in [1.165, 1.54) is 6.33 Å². The van der Waals surface area contributed by atoms with Crippen LogP contribution in [0.15, 0.2) is 18.7 Å². The van der Waals surface area contributed by atoms with Crippen LogP contribution >= 0.6 is 0 Å².